The molecule has 7 heteroatoms. The van der Waals surface area contributed by atoms with Crippen molar-refractivity contribution in [1.29, 1.82) is 0 Å². The Bertz CT molecular complexity index is 517. The molecule has 0 fully saturated rings. The number of anilines is 1. The Morgan fingerprint density at radius 3 is 2.75 bits per heavy atom. The van der Waals surface area contributed by atoms with E-state index in [0.29, 0.717) is 6.42 Å². The Labute approximate surface area is 120 Å². The predicted molar refractivity (Wildman–Crippen MR) is 71.1 cm³/mol. The van der Waals surface area contributed by atoms with E-state index in [-0.39, 0.29) is 16.5 Å². The van der Waals surface area contributed by atoms with E-state index in [1.54, 1.807) is 6.92 Å². The summed E-state index contributed by atoms with van der Waals surface area (Å²) in [5.74, 6) is 2.11. The van der Waals surface area contributed by atoms with Gasteiger partial charge >= 0.3 is 12.7 Å². The van der Waals surface area contributed by atoms with Crippen LogP contribution in [0.2, 0.25) is 5.02 Å². The van der Waals surface area contributed by atoms with E-state index in [2.05, 4.69) is 16.0 Å². The predicted octanol–water partition coefficient (Wildman–Crippen LogP) is 3.90. The van der Waals surface area contributed by atoms with E-state index >= 15 is 0 Å². The number of hydrogen-bond acceptors (Lipinski definition) is 3. The SMILES string of the molecule is C#CC(CC)OC(=O)Nc1ccc(OC(F)F)c(Cl)c1. The summed E-state index contributed by atoms with van der Waals surface area (Å²) in [6.07, 6.45) is 4.24. The highest BCUT2D eigenvalue weighted by atomic mass is 35.5. The molecule has 1 unspecified atom stereocenters. The molecule has 1 aromatic carbocycles. The van der Waals surface area contributed by atoms with Gasteiger partial charge in [0.25, 0.3) is 0 Å². The van der Waals surface area contributed by atoms with Gasteiger partial charge in [0, 0.05) is 5.69 Å². The van der Waals surface area contributed by atoms with E-state index in [1.807, 2.05) is 0 Å². The number of ether oxygens (including phenoxy) is 2. The molecule has 0 aliphatic carbocycles. The Morgan fingerprint density at radius 2 is 2.25 bits per heavy atom. The Morgan fingerprint density at radius 1 is 1.55 bits per heavy atom. The van der Waals surface area contributed by atoms with E-state index in [0.717, 1.165) is 0 Å². The average molecular weight is 304 g/mol. The molecule has 20 heavy (non-hydrogen) atoms. The van der Waals surface area contributed by atoms with E-state index in [1.165, 1.54) is 18.2 Å². The van der Waals surface area contributed by atoms with Crippen molar-refractivity contribution in [2.45, 2.75) is 26.1 Å². The van der Waals surface area contributed by atoms with Gasteiger partial charge in [0.1, 0.15) is 5.75 Å². The van der Waals surface area contributed by atoms with Crippen molar-refractivity contribution >= 4 is 23.4 Å². The molecule has 1 aromatic rings. The van der Waals surface area contributed by atoms with Crippen LogP contribution < -0.4 is 10.1 Å². The van der Waals surface area contributed by atoms with Gasteiger partial charge in [0.05, 0.1) is 5.02 Å². The van der Waals surface area contributed by atoms with Gasteiger partial charge in [-0.3, -0.25) is 5.32 Å². The first kappa shape index (κ1) is 16.1. The lowest BCUT2D eigenvalue weighted by Gasteiger charge is -2.12. The smallest absolute Gasteiger partial charge is 0.412 e. The summed E-state index contributed by atoms with van der Waals surface area (Å²) in [6.45, 7) is -1.21. The third kappa shape index (κ3) is 4.94. The molecule has 0 bridgehead atoms. The van der Waals surface area contributed by atoms with Crippen LogP contribution in [0.3, 0.4) is 0 Å². The summed E-state index contributed by atoms with van der Waals surface area (Å²) < 4.78 is 33.2. The van der Waals surface area contributed by atoms with Crippen LogP contribution in [0.15, 0.2) is 18.2 Å². The van der Waals surface area contributed by atoms with Crippen LogP contribution in [-0.2, 0) is 4.74 Å². The minimum Gasteiger partial charge on any atom is -0.433 e. The van der Waals surface area contributed by atoms with Gasteiger partial charge in [-0.15, -0.1) is 6.42 Å². The van der Waals surface area contributed by atoms with Crippen molar-refractivity contribution in [2.24, 2.45) is 0 Å². The molecule has 1 atom stereocenters. The molecule has 0 aliphatic heterocycles. The number of amides is 1. The van der Waals surface area contributed by atoms with Crippen LogP contribution in [0, 0.1) is 12.3 Å². The first-order chi connectivity index (χ1) is 9.46. The van der Waals surface area contributed by atoms with Gasteiger partial charge in [-0.2, -0.15) is 8.78 Å². The fourth-order valence-corrected chi connectivity index (χ4v) is 1.51. The molecule has 4 nitrogen and oxygen atoms in total. The second-order valence-corrected chi connectivity index (χ2v) is 4.02. The number of carbonyl (C=O) groups is 1. The third-order valence-corrected chi connectivity index (χ3v) is 2.50. The van der Waals surface area contributed by atoms with Crippen molar-refractivity contribution in [1.82, 2.24) is 0 Å². The second kappa shape index (κ2) is 7.56. The molecule has 0 saturated carbocycles. The molecule has 1 amide bonds. The highest BCUT2D eigenvalue weighted by molar-refractivity contribution is 6.32. The van der Waals surface area contributed by atoms with Crippen LogP contribution in [0.4, 0.5) is 19.3 Å². The summed E-state index contributed by atoms with van der Waals surface area (Å²) in [5.41, 5.74) is 0.272. The Hall–Kier alpha value is -2.00. The standard InChI is InChI=1S/C13H12ClF2NO3/c1-3-9(4-2)19-13(18)17-8-5-6-11(10(14)7-8)20-12(15)16/h1,5-7,9,12H,4H2,2H3,(H,17,18). The van der Waals surface area contributed by atoms with Gasteiger partial charge in [-0.05, 0) is 24.6 Å². The summed E-state index contributed by atoms with van der Waals surface area (Å²) in [6, 6.07) is 3.82. The molecule has 0 aliphatic rings. The van der Waals surface area contributed by atoms with Crippen LogP contribution in [0.1, 0.15) is 13.3 Å². The summed E-state index contributed by atoms with van der Waals surface area (Å²) in [5, 5.41) is 2.32. The molecule has 0 saturated heterocycles. The molecule has 0 aromatic heterocycles. The fraction of sp³-hybridized carbons (Fsp3) is 0.308. The number of alkyl halides is 2. The maximum Gasteiger partial charge on any atom is 0.412 e. The molecule has 1 rings (SSSR count). The monoisotopic (exact) mass is 303 g/mol. The average Bonchev–Trinajstić information content (AvgIpc) is 2.38. The molecule has 0 spiro atoms. The minimum atomic E-state index is -2.97. The highest BCUT2D eigenvalue weighted by Gasteiger charge is 2.12. The van der Waals surface area contributed by atoms with Gasteiger partial charge < -0.3 is 9.47 Å². The van der Waals surface area contributed by atoms with Crippen LogP contribution in [0.25, 0.3) is 0 Å². The number of carbonyl (C=O) groups excluding carboxylic acids is 1. The van der Waals surface area contributed by atoms with E-state index in [4.69, 9.17) is 22.8 Å². The topological polar surface area (TPSA) is 47.6 Å². The van der Waals surface area contributed by atoms with Crippen molar-refractivity contribution in [3.05, 3.63) is 23.2 Å². The second-order valence-electron chi connectivity index (χ2n) is 3.62. The number of benzene rings is 1. The summed E-state index contributed by atoms with van der Waals surface area (Å²) in [7, 11) is 0. The summed E-state index contributed by atoms with van der Waals surface area (Å²) >= 11 is 5.73. The zero-order valence-corrected chi connectivity index (χ0v) is 11.3. The van der Waals surface area contributed by atoms with E-state index < -0.39 is 18.8 Å². The normalized spacial score (nSPS) is 11.6. The van der Waals surface area contributed by atoms with Crippen molar-refractivity contribution in [2.75, 3.05) is 5.32 Å². The first-order valence-electron chi connectivity index (χ1n) is 5.64. The maximum absolute atomic E-state index is 12.0. The number of hydrogen-bond donors (Lipinski definition) is 1. The molecule has 0 radical (unpaired) electrons. The molecule has 0 heterocycles. The third-order valence-electron chi connectivity index (χ3n) is 2.20. The molecule has 108 valence electrons. The number of halogens is 3. The minimum absolute atomic E-state index is 0.0629. The first-order valence-corrected chi connectivity index (χ1v) is 6.02. The lowest BCUT2D eigenvalue weighted by Crippen LogP contribution is -2.20. The fourth-order valence-electron chi connectivity index (χ4n) is 1.28. The van der Waals surface area contributed by atoms with Crippen molar-refractivity contribution < 1.29 is 23.0 Å². The van der Waals surface area contributed by atoms with Crippen LogP contribution in [-0.4, -0.2) is 18.8 Å². The van der Waals surface area contributed by atoms with Crippen molar-refractivity contribution in [3.63, 3.8) is 0 Å². The largest absolute Gasteiger partial charge is 0.433 e. The number of nitrogens with one attached hydrogen (secondary N) is 1. The zero-order valence-electron chi connectivity index (χ0n) is 10.5. The highest BCUT2D eigenvalue weighted by Crippen LogP contribution is 2.29. The van der Waals surface area contributed by atoms with Gasteiger partial charge in [0.15, 0.2) is 6.10 Å². The Kier molecular flexibility index (Phi) is 6.07. The van der Waals surface area contributed by atoms with Crippen LogP contribution >= 0.6 is 11.6 Å². The molecular formula is C13H12ClF2NO3. The zero-order chi connectivity index (χ0) is 15.1. The number of terminal acetylenes is 1. The molecular weight excluding hydrogens is 292 g/mol. The van der Waals surface area contributed by atoms with Gasteiger partial charge in [0.2, 0.25) is 0 Å². The lowest BCUT2D eigenvalue weighted by atomic mass is 10.3. The van der Waals surface area contributed by atoms with Gasteiger partial charge in [-0.1, -0.05) is 24.4 Å². The summed E-state index contributed by atoms with van der Waals surface area (Å²) in [4.78, 5) is 11.5. The van der Waals surface area contributed by atoms with Crippen molar-refractivity contribution in [3.8, 4) is 18.1 Å². The number of rotatable bonds is 5. The van der Waals surface area contributed by atoms with Gasteiger partial charge in [-0.25, -0.2) is 4.79 Å². The molecule has 1 N–H and O–H groups in total. The van der Waals surface area contributed by atoms with E-state index in [9.17, 15) is 13.6 Å². The maximum atomic E-state index is 12.0. The van der Waals surface area contributed by atoms with Crippen LogP contribution in [0.5, 0.6) is 5.75 Å². The quantitative estimate of drug-likeness (QED) is 0.839. The Balaban J connectivity index is 2.67. The lowest BCUT2D eigenvalue weighted by molar-refractivity contribution is -0.0497.